The van der Waals surface area contributed by atoms with Crippen LogP contribution in [0.3, 0.4) is 0 Å². The van der Waals surface area contributed by atoms with Crippen molar-refractivity contribution < 1.29 is 19.0 Å². The van der Waals surface area contributed by atoms with Crippen LogP contribution in [-0.2, 0) is 19.0 Å². The summed E-state index contributed by atoms with van der Waals surface area (Å²) in [6.45, 7) is 6.42. The Hall–Kier alpha value is -0.450. The van der Waals surface area contributed by atoms with Crippen LogP contribution < -0.4 is 0 Å². The van der Waals surface area contributed by atoms with E-state index in [1.54, 1.807) is 7.11 Å². The monoisotopic (exact) mass is 218 g/mol. The number of hydrogen-bond donors (Lipinski definition) is 0. The van der Waals surface area contributed by atoms with Gasteiger partial charge in [-0.15, -0.1) is 0 Å². The number of ketones is 1. The van der Waals surface area contributed by atoms with Gasteiger partial charge in [-0.25, -0.2) is 0 Å². The lowest BCUT2D eigenvalue weighted by Crippen LogP contribution is -2.15. The third-order valence-electron chi connectivity index (χ3n) is 1.90. The Balaban J connectivity index is 3.08. The van der Waals surface area contributed by atoms with Crippen molar-refractivity contribution in [3.63, 3.8) is 0 Å². The van der Waals surface area contributed by atoms with Crippen LogP contribution in [0.2, 0.25) is 0 Å². The molecule has 4 nitrogen and oxygen atoms in total. The van der Waals surface area contributed by atoms with Crippen molar-refractivity contribution in [2.24, 2.45) is 5.92 Å². The van der Waals surface area contributed by atoms with E-state index in [0.29, 0.717) is 26.4 Å². The minimum Gasteiger partial charge on any atom is -0.382 e. The van der Waals surface area contributed by atoms with Crippen LogP contribution in [0.4, 0.5) is 0 Å². The average Bonchev–Trinajstić information content (AvgIpc) is 2.21. The Morgan fingerprint density at radius 1 is 1.07 bits per heavy atom. The minimum atomic E-state index is 0.0583. The maximum Gasteiger partial charge on any atom is 0.160 e. The van der Waals surface area contributed by atoms with E-state index in [0.717, 1.165) is 6.42 Å². The molecule has 4 heteroatoms. The highest BCUT2D eigenvalue weighted by Crippen LogP contribution is 1.95. The van der Waals surface area contributed by atoms with Crippen LogP contribution in [0.25, 0.3) is 0 Å². The number of rotatable bonds is 10. The molecule has 0 bridgehead atoms. The first-order valence-electron chi connectivity index (χ1n) is 5.35. The summed E-state index contributed by atoms with van der Waals surface area (Å²) in [6, 6.07) is 0. The van der Waals surface area contributed by atoms with E-state index >= 15 is 0 Å². The molecule has 0 aliphatic carbocycles. The topological polar surface area (TPSA) is 44.8 Å². The summed E-state index contributed by atoms with van der Waals surface area (Å²) in [5, 5.41) is 0. The average molecular weight is 218 g/mol. The molecule has 0 aromatic heterocycles. The molecule has 0 atom stereocenters. The Labute approximate surface area is 91.9 Å². The number of carbonyl (C=O) groups excluding carboxylic acids is 1. The molecule has 0 rings (SSSR count). The lowest BCUT2D eigenvalue weighted by atomic mass is 10.1. The molecule has 0 saturated heterocycles. The number of Topliss-reactive ketones (excluding diaryl/α,β-unsaturated/α-hetero) is 1. The van der Waals surface area contributed by atoms with Gasteiger partial charge < -0.3 is 14.2 Å². The Kier molecular flexibility index (Phi) is 9.78. The third kappa shape index (κ3) is 9.85. The summed E-state index contributed by atoms with van der Waals surface area (Å²) in [6.07, 6.45) is 0.815. The number of hydrogen-bond acceptors (Lipinski definition) is 4. The van der Waals surface area contributed by atoms with Crippen molar-refractivity contribution in [1.29, 1.82) is 0 Å². The fourth-order valence-electron chi connectivity index (χ4n) is 0.847. The maximum absolute atomic E-state index is 11.1. The van der Waals surface area contributed by atoms with Crippen molar-refractivity contribution in [3.8, 4) is 0 Å². The van der Waals surface area contributed by atoms with E-state index in [9.17, 15) is 4.79 Å². The van der Waals surface area contributed by atoms with E-state index in [-0.39, 0.29) is 18.3 Å². The molecule has 0 amide bonds. The van der Waals surface area contributed by atoms with Crippen molar-refractivity contribution in [2.45, 2.75) is 20.3 Å². The summed E-state index contributed by atoms with van der Waals surface area (Å²) in [7, 11) is 1.64. The number of methoxy groups -OCH3 is 1. The summed E-state index contributed by atoms with van der Waals surface area (Å²) >= 11 is 0. The molecule has 0 heterocycles. The minimum absolute atomic E-state index is 0.0583. The van der Waals surface area contributed by atoms with E-state index in [1.165, 1.54) is 0 Å². The Bertz CT molecular complexity index is 157. The predicted octanol–water partition coefficient (Wildman–Crippen LogP) is 1.28. The van der Waals surface area contributed by atoms with Crippen LogP contribution in [0.1, 0.15) is 20.3 Å². The Morgan fingerprint density at radius 3 is 2.33 bits per heavy atom. The van der Waals surface area contributed by atoms with Crippen molar-refractivity contribution >= 4 is 5.78 Å². The molecule has 0 aromatic carbocycles. The highest BCUT2D eigenvalue weighted by Gasteiger charge is 2.05. The lowest BCUT2D eigenvalue weighted by molar-refractivity contribution is -0.126. The summed E-state index contributed by atoms with van der Waals surface area (Å²) in [4.78, 5) is 11.1. The predicted molar refractivity (Wildman–Crippen MR) is 58.0 cm³/mol. The molecule has 0 spiro atoms. The van der Waals surface area contributed by atoms with Gasteiger partial charge in [-0.1, -0.05) is 13.8 Å². The molecule has 0 aliphatic rings. The highest BCUT2D eigenvalue weighted by molar-refractivity contribution is 5.81. The van der Waals surface area contributed by atoms with Gasteiger partial charge in [-0.05, 0) is 6.42 Å². The second-order valence-corrected chi connectivity index (χ2v) is 3.63. The zero-order valence-corrected chi connectivity index (χ0v) is 9.95. The van der Waals surface area contributed by atoms with Gasteiger partial charge in [0.1, 0.15) is 6.61 Å². The standard InChI is InChI=1S/C11H22O4/c1-10(2)11(12)9-15-6-4-5-14-8-7-13-3/h10H,4-9H2,1-3H3. The van der Waals surface area contributed by atoms with Gasteiger partial charge in [0, 0.05) is 26.2 Å². The molecule has 0 aromatic rings. The largest absolute Gasteiger partial charge is 0.382 e. The second kappa shape index (κ2) is 10.1. The summed E-state index contributed by atoms with van der Waals surface area (Å²) in [5.74, 6) is 0.207. The maximum atomic E-state index is 11.1. The first-order valence-corrected chi connectivity index (χ1v) is 5.35. The lowest BCUT2D eigenvalue weighted by Gasteiger charge is -2.06. The quantitative estimate of drug-likeness (QED) is 0.518. The number of ether oxygens (including phenoxy) is 3. The molecule has 0 unspecified atom stereocenters. The molecule has 0 fully saturated rings. The second-order valence-electron chi connectivity index (χ2n) is 3.63. The first-order chi connectivity index (χ1) is 7.18. The van der Waals surface area contributed by atoms with Gasteiger partial charge in [-0.3, -0.25) is 4.79 Å². The smallest absolute Gasteiger partial charge is 0.160 e. The molecule has 15 heavy (non-hydrogen) atoms. The van der Waals surface area contributed by atoms with Gasteiger partial charge in [0.25, 0.3) is 0 Å². The molecule has 0 aliphatic heterocycles. The van der Waals surface area contributed by atoms with Crippen LogP contribution in [-0.4, -0.2) is 45.9 Å². The fourth-order valence-corrected chi connectivity index (χ4v) is 0.847. The molecule has 0 N–H and O–H groups in total. The van der Waals surface area contributed by atoms with Crippen LogP contribution in [0.5, 0.6) is 0 Å². The molecule has 0 radical (unpaired) electrons. The van der Waals surface area contributed by atoms with Gasteiger partial charge >= 0.3 is 0 Å². The Morgan fingerprint density at radius 2 is 1.73 bits per heavy atom. The fraction of sp³-hybridized carbons (Fsp3) is 0.909. The first kappa shape index (κ1) is 14.6. The zero-order chi connectivity index (χ0) is 11.5. The van der Waals surface area contributed by atoms with Gasteiger partial charge in [0.15, 0.2) is 5.78 Å². The SMILES string of the molecule is COCCOCCCOCC(=O)C(C)C. The number of carbonyl (C=O) groups is 1. The van der Waals surface area contributed by atoms with E-state index < -0.39 is 0 Å². The molecule has 0 saturated carbocycles. The van der Waals surface area contributed by atoms with Gasteiger partial charge in [0.05, 0.1) is 13.2 Å². The van der Waals surface area contributed by atoms with Gasteiger partial charge in [0.2, 0.25) is 0 Å². The normalized spacial score (nSPS) is 10.9. The van der Waals surface area contributed by atoms with Crippen LogP contribution in [0.15, 0.2) is 0 Å². The van der Waals surface area contributed by atoms with Crippen LogP contribution in [0, 0.1) is 5.92 Å². The van der Waals surface area contributed by atoms with E-state index in [1.807, 2.05) is 13.8 Å². The molecule has 90 valence electrons. The molecular formula is C11H22O4. The third-order valence-corrected chi connectivity index (χ3v) is 1.90. The van der Waals surface area contributed by atoms with Crippen LogP contribution >= 0.6 is 0 Å². The van der Waals surface area contributed by atoms with E-state index in [4.69, 9.17) is 14.2 Å². The van der Waals surface area contributed by atoms with Crippen molar-refractivity contribution in [2.75, 3.05) is 40.1 Å². The van der Waals surface area contributed by atoms with Crippen molar-refractivity contribution in [3.05, 3.63) is 0 Å². The zero-order valence-electron chi connectivity index (χ0n) is 9.95. The summed E-state index contributed by atoms with van der Waals surface area (Å²) in [5.41, 5.74) is 0. The van der Waals surface area contributed by atoms with Gasteiger partial charge in [-0.2, -0.15) is 0 Å². The highest BCUT2D eigenvalue weighted by atomic mass is 16.5. The van der Waals surface area contributed by atoms with E-state index in [2.05, 4.69) is 0 Å². The van der Waals surface area contributed by atoms with Crippen molar-refractivity contribution in [1.82, 2.24) is 0 Å². The molecular weight excluding hydrogens is 196 g/mol. The summed E-state index contributed by atoms with van der Waals surface area (Å²) < 4.78 is 15.3.